The number of aromatic nitrogens is 1. The van der Waals surface area contributed by atoms with Crippen LogP contribution in [0.5, 0.6) is 0 Å². The molecule has 0 aliphatic heterocycles. The van der Waals surface area contributed by atoms with E-state index in [4.69, 9.17) is 0 Å². The number of hydrogen-bond acceptors (Lipinski definition) is 2. The first kappa shape index (κ1) is 12.8. The molecule has 0 unspecified atom stereocenters. The molecule has 1 aliphatic rings. The van der Waals surface area contributed by atoms with Crippen molar-refractivity contribution < 1.29 is 0 Å². The Labute approximate surface area is 99.0 Å². The summed E-state index contributed by atoms with van der Waals surface area (Å²) in [4.78, 5) is 6.69. The standard InChI is InChI=1S/C12H16N2.C2H6/c1-4-11-9(2)7-8-13-12(11)14(3)10-5-6-10;1-2/h4,7-8,10H,1,5-6H2,2-3H3;1-2H3. The highest BCUT2D eigenvalue weighted by Gasteiger charge is 2.28. The van der Waals surface area contributed by atoms with Gasteiger partial charge in [-0.05, 0) is 31.4 Å². The molecule has 2 nitrogen and oxygen atoms in total. The molecule has 0 N–H and O–H groups in total. The van der Waals surface area contributed by atoms with Crippen LogP contribution in [0.2, 0.25) is 0 Å². The van der Waals surface area contributed by atoms with Gasteiger partial charge in [0.25, 0.3) is 0 Å². The first-order chi connectivity index (χ1) is 7.74. The van der Waals surface area contributed by atoms with Gasteiger partial charge in [-0.2, -0.15) is 0 Å². The van der Waals surface area contributed by atoms with Crippen molar-refractivity contribution >= 4 is 11.9 Å². The normalized spacial score (nSPS) is 13.8. The molecule has 1 aromatic rings. The van der Waals surface area contributed by atoms with Crippen LogP contribution >= 0.6 is 0 Å². The minimum atomic E-state index is 0.697. The molecule has 0 saturated heterocycles. The van der Waals surface area contributed by atoms with Crippen LogP contribution in [-0.2, 0) is 0 Å². The van der Waals surface area contributed by atoms with Crippen molar-refractivity contribution in [3.63, 3.8) is 0 Å². The van der Waals surface area contributed by atoms with Crippen molar-refractivity contribution in [3.05, 3.63) is 30.0 Å². The summed E-state index contributed by atoms with van der Waals surface area (Å²) in [5, 5.41) is 0. The lowest BCUT2D eigenvalue weighted by molar-refractivity contribution is 0.888. The number of nitrogens with zero attached hydrogens (tertiary/aromatic N) is 2. The fourth-order valence-corrected chi connectivity index (χ4v) is 1.72. The molecule has 2 heteroatoms. The first-order valence-corrected chi connectivity index (χ1v) is 6.05. The second-order valence-corrected chi connectivity index (χ2v) is 3.91. The summed E-state index contributed by atoms with van der Waals surface area (Å²) in [7, 11) is 2.12. The van der Waals surface area contributed by atoms with Gasteiger partial charge in [0.05, 0.1) is 0 Å². The third-order valence-corrected chi connectivity index (χ3v) is 2.82. The Balaban J connectivity index is 0.000000606. The molecule has 1 aliphatic carbocycles. The lowest BCUT2D eigenvalue weighted by atomic mass is 10.1. The summed E-state index contributed by atoms with van der Waals surface area (Å²) in [5.41, 5.74) is 2.42. The zero-order chi connectivity index (χ0) is 12.1. The molecule has 0 bridgehead atoms. The van der Waals surface area contributed by atoms with Crippen LogP contribution in [-0.4, -0.2) is 18.1 Å². The number of rotatable bonds is 3. The van der Waals surface area contributed by atoms with Gasteiger partial charge in [0.15, 0.2) is 0 Å². The van der Waals surface area contributed by atoms with E-state index in [1.165, 1.54) is 24.0 Å². The lowest BCUT2D eigenvalue weighted by Gasteiger charge is -2.20. The Kier molecular flexibility index (Phi) is 4.53. The Morgan fingerprint density at radius 2 is 2.06 bits per heavy atom. The van der Waals surface area contributed by atoms with Gasteiger partial charge in [0.1, 0.15) is 5.82 Å². The van der Waals surface area contributed by atoms with E-state index in [-0.39, 0.29) is 0 Å². The number of hydrogen-bond donors (Lipinski definition) is 0. The van der Waals surface area contributed by atoms with Crippen molar-refractivity contribution in [2.24, 2.45) is 0 Å². The van der Waals surface area contributed by atoms with Gasteiger partial charge in [0.2, 0.25) is 0 Å². The SMILES string of the molecule is C=Cc1c(C)ccnc1N(C)C1CC1.CC. The molecule has 0 radical (unpaired) electrons. The van der Waals surface area contributed by atoms with Gasteiger partial charge in [-0.15, -0.1) is 0 Å². The van der Waals surface area contributed by atoms with E-state index in [0.717, 1.165) is 5.82 Å². The average Bonchev–Trinajstić information content (AvgIpc) is 3.14. The van der Waals surface area contributed by atoms with Crippen LogP contribution in [0.25, 0.3) is 6.08 Å². The maximum absolute atomic E-state index is 4.43. The Morgan fingerprint density at radius 1 is 1.44 bits per heavy atom. The molecule has 0 atom stereocenters. The molecular formula is C14H22N2. The van der Waals surface area contributed by atoms with Gasteiger partial charge in [-0.25, -0.2) is 4.98 Å². The van der Waals surface area contributed by atoms with E-state index >= 15 is 0 Å². The predicted octanol–water partition coefficient (Wildman–Crippen LogP) is 3.66. The maximum atomic E-state index is 4.43. The number of pyridine rings is 1. The fourth-order valence-electron chi connectivity index (χ4n) is 1.72. The number of aryl methyl sites for hydroxylation is 1. The lowest BCUT2D eigenvalue weighted by Crippen LogP contribution is -2.21. The largest absolute Gasteiger partial charge is 0.356 e. The molecule has 88 valence electrons. The van der Waals surface area contributed by atoms with Gasteiger partial charge >= 0.3 is 0 Å². The summed E-state index contributed by atoms with van der Waals surface area (Å²) < 4.78 is 0. The van der Waals surface area contributed by atoms with Crippen LogP contribution in [0, 0.1) is 6.92 Å². The van der Waals surface area contributed by atoms with Crippen molar-refractivity contribution in [2.75, 3.05) is 11.9 Å². The van der Waals surface area contributed by atoms with E-state index in [2.05, 4.69) is 30.4 Å². The zero-order valence-corrected chi connectivity index (χ0v) is 10.8. The first-order valence-electron chi connectivity index (χ1n) is 6.05. The fraction of sp³-hybridized carbons (Fsp3) is 0.500. The topological polar surface area (TPSA) is 16.1 Å². The van der Waals surface area contributed by atoms with Gasteiger partial charge in [0, 0.05) is 24.8 Å². The monoisotopic (exact) mass is 218 g/mol. The predicted molar refractivity (Wildman–Crippen MR) is 71.8 cm³/mol. The smallest absolute Gasteiger partial charge is 0.136 e. The van der Waals surface area contributed by atoms with Gasteiger partial charge in [-0.3, -0.25) is 0 Å². The minimum Gasteiger partial charge on any atom is -0.356 e. The third kappa shape index (κ3) is 2.63. The van der Waals surface area contributed by atoms with E-state index in [0.29, 0.717) is 6.04 Å². The highest BCUT2D eigenvalue weighted by molar-refractivity contribution is 5.66. The summed E-state index contributed by atoms with van der Waals surface area (Å²) in [6.07, 6.45) is 6.36. The summed E-state index contributed by atoms with van der Waals surface area (Å²) >= 11 is 0. The summed E-state index contributed by atoms with van der Waals surface area (Å²) in [6, 6.07) is 2.73. The van der Waals surface area contributed by atoms with Crippen LogP contribution in [0.1, 0.15) is 37.8 Å². The quantitative estimate of drug-likeness (QED) is 0.769. The molecule has 0 aromatic carbocycles. The van der Waals surface area contributed by atoms with Crippen molar-refractivity contribution in [3.8, 4) is 0 Å². The molecule has 0 spiro atoms. The Bertz CT molecular complexity index is 354. The van der Waals surface area contributed by atoms with Crippen LogP contribution < -0.4 is 4.90 Å². The van der Waals surface area contributed by atoms with E-state index in [1.54, 1.807) is 0 Å². The second-order valence-electron chi connectivity index (χ2n) is 3.91. The average molecular weight is 218 g/mol. The van der Waals surface area contributed by atoms with Crippen LogP contribution in [0.15, 0.2) is 18.8 Å². The highest BCUT2D eigenvalue weighted by Crippen LogP contribution is 2.31. The van der Waals surface area contributed by atoms with Crippen molar-refractivity contribution in [1.82, 2.24) is 4.98 Å². The Morgan fingerprint density at radius 3 is 2.56 bits per heavy atom. The molecule has 1 aromatic heterocycles. The van der Waals surface area contributed by atoms with E-state index < -0.39 is 0 Å². The van der Waals surface area contributed by atoms with Crippen molar-refractivity contribution in [2.45, 2.75) is 39.7 Å². The molecule has 0 amide bonds. The summed E-state index contributed by atoms with van der Waals surface area (Å²) in [6.45, 7) is 9.95. The van der Waals surface area contributed by atoms with E-state index in [1.807, 2.05) is 32.2 Å². The summed E-state index contributed by atoms with van der Waals surface area (Å²) in [5.74, 6) is 1.07. The second kappa shape index (κ2) is 5.69. The van der Waals surface area contributed by atoms with Crippen LogP contribution in [0.4, 0.5) is 5.82 Å². The van der Waals surface area contributed by atoms with Gasteiger partial charge in [-0.1, -0.05) is 26.5 Å². The number of anilines is 1. The highest BCUT2D eigenvalue weighted by atomic mass is 15.2. The van der Waals surface area contributed by atoms with E-state index in [9.17, 15) is 0 Å². The molecule has 2 rings (SSSR count). The van der Waals surface area contributed by atoms with Crippen LogP contribution in [0.3, 0.4) is 0 Å². The Hall–Kier alpha value is -1.31. The molecule has 1 fully saturated rings. The molecular weight excluding hydrogens is 196 g/mol. The molecule has 16 heavy (non-hydrogen) atoms. The minimum absolute atomic E-state index is 0.697. The zero-order valence-electron chi connectivity index (χ0n) is 10.8. The van der Waals surface area contributed by atoms with Gasteiger partial charge < -0.3 is 4.90 Å². The third-order valence-electron chi connectivity index (χ3n) is 2.82. The van der Waals surface area contributed by atoms with Crippen molar-refractivity contribution in [1.29, 1.82) is 0 Å². The molecule has 1 saturated carbocycles. The maximum Gasteiger partial charge on any atom is 0.136 e. The molecule has 1 heterocycles.